The van der Waals surface area contributed by atoms with Gasteiger partial charge in [0.2, 0.25) is 0 Å². The predicted molar refractivity (Wildman–Crippen MR) is 122 cm³/mol. The van der Waals surface area contributed by atoms with Gasteiger partial charge in [-0.1, -0.05) is 11.6 Å². The van der Waals surface area contributed by atoms with E-state index in [-0.39, 0.29) is 21.9 Å². The Morgan fingerprint density at radius 3 is 2.42 bits per heavy atom. The van der Waals surface area contributed by atoms with E-state index in [4.69, 9.17) is 26.0 Å². The Balaban J connectivity index is 1.98. The second-order valence-electron chi connectivity index (χ2n) is 7.60. The number of ether oxygens (including phenoxy) is 1. The lowest BCUT2D eigenvalue weighted by atomic mass is 9.97. The van der Waals surface area contributed by atoms with Crippen LogP contribution in [-0.2, 0) is 9.59 Å². The zero-order chi connectivity index (χ0) is 23.9. The van der Waals surface area contributed by atoms with Crippen LogP contribution in [0.1, 0.15) is 34.3 Å². The molecule has 1 aliphatic heterocycles. The van der Waals surface area contributed by atoms with Crippen molar-refractivity contribution in [2.75, 3.05) is 12.0 Å². The van der Waals surface area contributed by atoms with Crippen LogP contribution < -0.4 is 9.64 Å². The Hall–Kier alpha value is -4.02. The highest BCUT2D eigenvalue weighted by atomic mass is 35.5. The normalized spacial score (nSPS) is 17.3. The molecule has 1 N–H and O–H groups in total. The first kappa shape index (κ1) is 22.2. The number of benzene rings is 2. The Kier molecular flexibility index (Phi) is 5.71. The summed E-state index contributed by atoms with van der Waals surface area (Å²) in [5.74, 6) is -1.08. The van der Waals surface area contributed by atoms with Crippen LogP contribution in [0, 0.1) is 25.2 Å². The van der Waals surface area contributed by atoms with Crippen molar-refractivity contribution in [1.29, 1.82) is 5.26 Å². The lowest BCUT2D eigenvalue weighted by Gasteiger charge is -2.23. The number of nitrogens with zero attached hydrogens (tertiary/aromatic N) is 2. The number of hydrogen-bond donors (Lipinski definition) is 1. The van der Waals surface area contributed by atoms with Gasteiger partial charge in [0.25, 0.3) is 11.7 Å². The SMILES string of the molecule is COc1c(Cl)cc(C)cc1/C(O)=C1\C(=O)C(=O)N(c2ccc(C#N)cc2)C1c1ccc(C)o1. The molecule has 1 aromatic heterocycles. The summed E-state index contributed by atoms with van der Waals surface area (Å²) in [6, 6.07) is 13.9. The average molecular weight is 463 g/mol. The Morgan fingerprint density at radius 2 is 1.85 bits per heavy atom. The van der Waals surface area contributed by atoms with Gasteiger partial charge in [-0.15, -0.1) is 0 Å². The van der Waals surface area contributed by atoms with Gasteiger partial charge in [-0.05, 0) is 67.9 Å². The van der Waals surface area contributed by atoms with Crippen LogP contribution in [0.4, 0.5) is 5.69 Å². The van der Waals surface area contributed by atoms with E-state index >= 15 is 0 Å². The number of ketones is 1. The number of aryl methyl sites for hydroxylation is 2. The summed E-state index contributed by atoms with van der Waals surface area (Å²) in [4.78, 5) is 27.6. The molecule has 0 saturated carbocycles. The van der Waals surface area contributed by atoms with E-state index in [2.05, 4.69) is 0 Å². The Morgan fingerprint density at radius 1 is 1.15 bits per heavy atom. The zero-order valence-electron chi connectivity index (χ0n) is 18.0. The summed E-state index contributed by atoms with van der Waals surface area (Å²) in [7, 11) is 1.40. The fourth-order valence-corrected chi connectivity index (χ4v) is 4.27. The van der Waals surface area contributed by atoms with Gasteiger partial charge in [0.05, 0.1) is 34.9 Å². The van der Waals surface area contributed by atoms with Gasteiger partial charge in [0.15, 0.2) is 0 Å². The topological polar surface area (TPSA) is 104 Å². The fraction of sp³-hybridized carbons (Fsp3) is 0.160. The molecule has 166 valence electrons. The third-order valence-electron chi connectivity index (χ3n) is 5.40. The van der Waals surface area contributed by atoms with Crippen molar-refractivity contribution in [3.8, 4) is 11.8 Å². The number of nitriles is 1. The Bertz CT molecular complexity index is 1350. The van der Waals surface area contributed by atoms with Crippen LogP contribution in [0.25, 0.3) is 5.76 Å². The minimum atomic E-state index is -1.03. The summed E-state index contributed by atoms with van der Waals surface area (Å²) < 4.78 is 11.1. The van der Waals surface area contributed by atoms with Crippen molar-refractivity contribution >= 4 is 34.7 Å². The van der Waals surface area contributed by atoms with Gasteiger partial charge in [-0.25, -0.2) is 0 Å². The molecule has 0 bridgehead atoms. The van der Waals surface area contributed by atoms with Gasteiger partial charge in [-0.2, -0.15) is 5.26 Å². The molecule has 3 aromatic rings. The van der Waals surface area contributed by atoms with Gasteiger partial charge in [0, 0.05) is 5.69 Å². The summed E-state index contributed by atoms with van der Waals surface area (Å²) in [6.07, 6.45) is 0. The molecule has 1 amide bonds. The number of hydrogen-bond acceptors (Lipinski definition) is 6. The molecule has 0 aliphatic carbocycles. The molecule has 2 heterocycles. The molecule has 1 aliphatic rings. The number of anilines is 1. The number of furan rings is 1. The quantitative estimate of drug-likeness (QED) is 0.330. The second-order valence-corrected chi connectivity index (χ2v) is 8.01. The lowest BCUT2D eigenvalue weighted by molar-refractivity contribution is -0.132. The highest BCUT2D eigenvalue weighted by molar-refractivity contribution is 6.51. The number of methoxy groups -OCH3 is 1. The maximum atomic E-state index is 13.2. The van der Waals surface area contributed by atoms with Crippen molar-refractivity contribution in [2.24, 2.45) is 0 Å². The number of halogens is 1. The first-order valence-corrected chi connectivity index (χ1v) is 10.4. The molecule has 1 saturated heterocycles. The molecule has 1 fully saturated rings. The first-order valence-electron chi connectivity index (χ1n) is 9.98. The third kappa shape index (κ3) is 3.75. The van der Waals surface area contributed by atoms with Crippen LogP contribution in [0.5, 0.6) is 5.75 Å². The van der Waals surface area contributed by atoms with E-state index in [0.29, 0.717) is 22.8 Å². The number of Topliss-reactive ketones (excluding diaryl/α,β-unsaturated/α-hetero) is 1. The molecule has 2 aromatic carbocycles. The van der Waals surface area contributed by atoms with E-state index in [1.807, 2.05) is 6.07 Å². The van der Waals surface area contributed by atoms with Crippen molar-refractivity contribution in [3.63, 3.8) is 0 Å². The second kappa shape index (κ2) is 8.49. The van der Waals surface area contributed by atoms with E-state index < -0.39 is 23.5 Å². The molecular formula is C25H19ClN2O5. The molecule has 1 unspecified atom stereocenters. The average Bonchev–Trinajstić information content (AvgIpc) is 3.33. The van der Waals surface area contributed by atoms with Gasteiger partial charge >= 0.3 is 0 Å². The van der Waals surface area contributed by atoms with E-state index in [9.17, 15) is 14.7 Å². The molecule has 0 radical (unpaired) electrons. The van der Waals surface area contributed by atoms with Crippen molar-refractivity contribution in [2.45, 2.75) is 19.9 Å². The van der Waals surface area contributed by atoms with Gasteiger partial charge in [0.1, 0.15) is 29.1 Å². The number of amides is 1. The minimum absolute atomic E-state index is 0.154. The summed E-state index contributed by atoms with van der Waals surface area (Å²) in [5, 5.41) is 20.7. The number of carbonyl (C=O) groups excluding carboxylic acids is 2. The van der Waals surface area contributed by atoms with E-state index in [1.165, 1.54) is 12.0 Å². The number of carbonyl (C=O) groups is 2. The first-order chi connectivity index (χ1) is 15.8. The molecule has 7 nitrogen and oxygen atoms in total. The zero-order valence-corrected chi connectivity index (χ0v) is 18.8. The number of aliphatic hydroxyl groups excluding tert-OH is 1. The molecule has 33 heavy (non-hydrogen) atoms. The minimum Gasteiger partial charge on any atom is -0.507 e. The summed E-state index contributed by atoms with van der Waals surface area (Å²) in [6.45, 7) is 3.52. The molecule has 4 rings (SSSR count). The molecule has 1 atom stereocenters. The third-order valence-corrected chi connectivity index (χ3v) is 5.68. The smallest absolute Gasteiger partial charge is 0.300 e. The number of rotatable bonds is 4. The van der Waals surface area contributed by atoms with Crippen LogP contribution in [0.3, 0.4) is 0 Å². The maximum Gasteiger partial charge on any atom is 0.300 e. The molecule has 0 spiro atoms. The van der Waals surface area contributed by atoms with Crippen LogP contribution in [0.2, 0.25) is 5.02 Å². The van der Waals surface area contributed by atoms with Crippen molar-refractivity contribution < 1.29 is 23.8 Å². The van der Waals surface area contributed by atoms with Crippen LogP contribution >= 0.6 is 11.6 Å². The summed E-state index contributed by atoms with van der Waals surface area (Å²) >= 11 is 6.29. The predicted octanol–water partition coefficient (Wildman–Crippen LogP) is 5.06. The van der Waals surface area contributed by atoms with E-state index in [0.717, 1.165) is 5.56 Å². The molecule has 8 heteroatoms. The maximum absolute atomic E-state index is 13.2. The lowest BCUT2D eigenvalue weighted by Crippen LogP contribution is -2.29. The van der Waals surface area contributed by atoms with Crippen molar-refractivity contribution in [1.82, 2.24) is 0 Å². The highest BCUT2D eigenvalue weighted by Crippen LogP contribution is 2.44. The van der Waals surface area contributed by atoms with Gasteiger partial charge < -0.3 is 14.3 Å². The fourth-order valence-electron chi connectivity index (χ4n) is 3.92. The molecular weight excluding hydrogens is 444 g/mol. The van der Waals surface area contributed by atoms with Crippen LogP contribution in [-0.4, -0.2) is 23.9 Å². The summed E-state index contributed by atoms with van der Waals surface area (Å²) in [5.41, 5.74) is 1.55. The van der Waals surface area contributed by atoms with Crippen molar-refractivity contribution in [3.05, 3.63) is 87.3 Å². The Labute approximate surface area is 195 Å². The standard InChI is InChI=1S/C25H19ClN2O5/c1-13-10-17(24(32-3)18(26)11-13)22(29)20-21(19-9-4-14(2)33-19)28(25(31)23(20)30)16-7-5-15(12-27)6-8-16/h4-11,21,29H,1-3H3/b22-20+. The number of aliphatic hydroxyl groups is 1. The van der Waals surface area contributed by atoms with E-state index in [1.54, 1.807) is 62.4 Å². The highest BCUT2D eigenvalue weighted by Gasteiger charge is 2.48. The largest absolute Gasteiger partial charge is 0.507 e. The monoisotopic (exact) mass is 462 g/mol. The van der Waals surface area contributed by atoms with Crippen LogP contribution in [0.15, 0.2) is 58.5 Å². The van der Waals surface area contributed by atoms with Gasteiger partial charge in [-0.3, -0.25) is 14.5 Å².